The van der Waals surface area contributed by atoms with Gasteiger partial charge in [0.25, 0.3) is 35.4 Å². The number of nitrogens with zero attached hydrogens (tertiary/aromatic N) is 4. The van der Waals surface area contributed by atoms with Crippen LogP contribution in [-0.4, -0.2) is 255 Å². The molecule has 4 atom stereocenters. The molecule has 9 amide bonds. The van der Waals surface area contributed by atoms with Crippen LogP contribution in [0.4, 0.5) is 17.1 Å². The molecule has 0 saturated carbocycles. The van der Waals surface area contributed by atoms with Crippen LogP contribution in [0.1, 0.15) is 67.7 Å². The first-order valence-corrected chi connectivity index (χ1v) is 32.8. The lowest BCUT2D eigenvalue weighted by Crippen LogP contribution is -2.46. The van der Waals surface area contributed by atoms with Gasteiger partial charge in [0.1, 0.15) is 19.8 Å². The molecule has 0 heterocycles. The minimum atomic E-state index is -1.69. The zero-order valence-corrected chi connectivity index (χ0v) is 61.7. The fraction of sp³-hybridized carbons (Fsp3) is 0.438. The van der Waals surface area contributed by atoms with E-state index in [-0.39, 0.29) is 104 Å². The maximum Gasteiger partial charge on any atom is 0.255 e. The Balaban J connectivity index is 2.28. The SMILES string of the molecule is Cc1c(NC(=O)CO)c(I)c(C(=O)N(C)CC(O)CO)c(I)c1C(=O)N(CCNC(=O)c1c(I)c(NC(=O)CO)c(I)c(C(=O)N(C)CC(O)CO)c1I)CC(O)CNC(=O)c1c(I)c(NC(=O)CO)c(I)c(C(=O)N(C)CC(O)CO)c1I. The third-order valence-corrected chi connectivity index (χ3v) is 20.4. The molecule has 3 aromatic rings. The monoisotopic (exact) mass is 2080 g/mol. The number of hydrogen-bond acceptors (Lipinski definition) is 19. The lowest BCUT2D eigenvalue weighted by atomic mass is 9.99. The first kappa shape index (κ1) is 76.6. The van der Waals surface area contributed by atoms with Crippen LogP contribution < -0.4 is 26.6 Å². The van der Waals surface area contributed by atoms with Crippen LogP contribution >= 0.6 is 181 Å². The molecule has 0 aliphatic carbocycles. The number of nitrogens with one attached hydrogen (secondary N) is 5. The molecule has 0 saturated heterocycles. The maximum absolute atomic E-state index is 15.3. The number of benzene rings is 3. The van der Waals surface area contributed by atoms with E-state index < -0.39 is 143 Å². The van der Waals surface area contributed by atoms with E-state index in [1.807, 2.05) is 0 Å². The van der Waals surface area contributed by atoms with Gasteiger partial charge in [-0.05, 0) is 193 Å². The van der Waals surface area contributed by atoms with E-state index in [4.69, 9.17) is 0 Å². The van der Waals surface area contributed by atoms with Crippen molar-refractivity contribution in [1.82, 2.24) is 30.2 Å². The summed E-state index contributed by atoms with van der Waals surface area (Å²) >= 11 is 14.1. The highest BCUT2D eigenvalue weighted by Gasteiger charge is 2.36. The number of aliphatic hydroxyl groups is 10. The molecule has 0 aliphatic heterocycles. The van der Waals surface area contributed by atoms with Gasteiger partial charge in [-0.2, -0.15) is 0 Å². The minimum absolute atomic E-state index is 0.00314. The normalized spacial score (nSPS) is 12.5. The summed E-state index contributed by atoms with van der Waals surface area (Å²) in [7, 11) is 3.97. The molecular weight excluding hydrogens is 2020 g/mol. The lowest BCUT2D eigenvalue weighted by Gasteiger charge is -2.29. The first-order chi connectivity index (χ1) is 39.3. The van der Waals surface area contributed by atoms with E-state index in [0.29, 0.717) is 0 Å². The molecule has 84 heavy (non-hydrogen) atoms. The Morgan fingerprint density at radius 2 is 0.714 bits per heavy atom. The van der Waals surface area contributed by atoms with Gasteiger partial charge in [-0.3, -0.25) is 43.2 Å². The maximum atomic E-state index is 15.3. The number of likely N-dealkylation sites (N-methyl/N-ethyl adjacent to an activating group) is 3. The highest BCUT2D eigenvalue weighted by atomic mass is 127. The van der Waals surface area contributed by atoms with Crippen molar-refractivity contribution in [2.24, 2.45) is 0 Å². The van der Waals surface area contributed by atoms with E-state index in [1.54, 1.807) is 181 Å². The molecular formula is C48H57I8N9O19. The summed E-state index contributed by atoms with van der Waals surface area (Å²) in [6.07, 6.45) is -5.75. The van der Waals surface area contributed by atoms with E-state index in [2.05, 4.69) is 26.6 Å². The molecule has 3 aromatic carbocycles. The average molecular weight is 2080 g/mol. The van der Waals surface area contributed by atoms with Crippen LogP contribution in [0.5, 0.6) is 0 Å². The number of aliphatic hydroxyl groups excluding tert-OH is 10. The molecule has 0 aliphatic rings. The van der Waals surface area contributed by atoms with Crippen LogP contribution in [-0.2, 0) is 14.4 Å². The molecule has 0 fully saturated rings. The number of carbonyl (C=O) groups is 9. The molecule has 4 unspecified atom stereocenters. The second kappa shape index (κ2) is 35.7. The van der Waals surface area contributed by atoms with Gasteiger partial charge in [0.2, 0.25) is 17.7 Å². The van der Waals surface area contributed by atoms with Crippen molar-refractivity contribution >= 4 is 251 Å². The van der Waals surface area contributed by atoms with Crippen molar-refractivity contribution in [3.05, 3.63) is 67.5 Å². The van der Waals surface area contributed by atoms with Gasteiger partial charge in [-0.25, -0.2) is 0 Å². The predicted molar refractivity (Wildman–Crippen MR) is 370 cm³/mol. The first-order valence-electron chi connectivity index (χ1n) is 24.1. The average Bonchev–Trinajstić information content (AvgIpc) is 1.16. The van der Waals surface area contributed by atoms with Crippen molar-refractivity contribution in [1.29, 1.82) is 0 Å². The van der Waals surface area contributed by atoms with Gasteiger partial charge in [-0.1, -0.05) is 0 Å². The Morgan fingerprint density at radius 3 is 1.06 bits per heavy atom. The van der Waals surface area contributed by atoms with Crippen LogP contribution in [0.25, 0.3) is 0 Å². The van der Waals surface area contributed by atoms with Gasteiger partial charge in [0.05, 0.1) is 113 Å². The minimum Gasteiger partial charge on any atom is -0.394 e. The largest absolute Gasteiger partial charge is 0.394 e. The highest BCUT2D eigenvalue weighted by molar-refractivity contribution is 14.1. The summed E-state index contributed by atoms with van der Waals surface area (Å²) in [4.78, 5) is 128. The second-order valence-electron chi connectivity index (χ2n) is 18.1. The van der Waals surface area contributed by atoms with Gasteiger partial charge in [0, 0.05) is 77.7 Å². The summed E-state index contributed by atoms with van der Waals surface area (Å²) in [6, 6.07) is 0. The fourth-order valence-electron chi connectivity index (χ4n) is 7.64. The molecule has 15 N–H and O–H groups in total. The van der Waals surface area contributed by atoms with Gasteiger partial charge in [-0.15, -0.1) is 0 Å². The third-order valence-electron chi connectivity index (χ3n) is 11.8. The van der Waals surface area contributed by atoms with Crippen LogP contribution in [0, 0.1) is 35.5 Å². The topological polar surface area (TPSA) is 429 Å². The number of anilines is 3. The number of carbonyl (C=O) groups excluding carboxylic acids is 9. The molecule has 0 spiro atoms. The van der Waals surface area contributed by atoms with Crippen LogP contribution in [0.2, 0.25) is 0 Å². The Bertz CT molecular complexity index is 3040. The summed E-state index contributed by atoms with van der Waals surface area (Å²) in [5, 5.41) is 113. The molecule has 0 aromatic heterocycles. The molecule has 0 bridgehead atoms. The Kier molecular flexibility index (Phi) is 32.5. The zero-order chi connectivity index (χ0) is 63.9. The van der Waals surface area contributed by atoms with Crippen molar-refractivity contribution < 1.29 is 94.2 Å². The molecule has 36 heteroatoms. The van der Waals surface area contributed by atoms with Crippen molar-refractivity contribution in [2.75, 3.05) is 123 Å². The molecule has 464 valence electrons. The second-order valence-corrected chi connectivity index (χ2v) is 26.7. The number of halogens is 8. The molecule has 0 radical (unpaired) electrons. The van der Waals surface area contributed by atoms with E-state index in [1.165, 1.54) is 28.1 Å². The highest BCUT2D eigenvalue weighted by Crippen LogP contribution is 2.39. The van der Waals surface area contributed by atoms with Gasteiger partial charge in [0.15, 0.2) is 0 Å². The van der Waals surface area contributed by atoms with Crippen molar-refractivity contribution in [3.8, 4) is 0 Å². The predicted octanol–water partition coefficient (Wildman–Crippen LogP) is -0.437. The van der Waals surface area contributed by atoms with Gasteiger partial charge >= 0.3 is 0 Å². The zero-order valence-electron chi connectivity index (χ0n) is 44.5. The lowest BCUT2D eigenvalue weighted by molar-refractivity contribution is -0.119. The quantitative estimate of drug-likeness (QED) is 0.0410. The molecule has 28 nitrogen and oxygen atoms in total. The van der Waals surface area contributed by atoms with Gasteiger partial charge < -0.3 is 97.2 Å². The van der Waals surface area contributed by atoms with Crippen LogP contribution in [0.15, 0.2) is 0 Å². The summed E-state index contributed by atoms with van der Waals surface area (Å²) < 4.78 is 0.713. The van der Waals surface area contributed by atoms with Crippen LogP contribution in [0.3, 0.4) is 0 Å². The smallest absolute Gasteiger partial charge is 0.255 e. The Hall–Kier alpha value is -1.67. The fourth-order valence-corrected chi connectivity index (χ4v) is 19.1. The summed E-state index contributed by atoms with van der Waals surface area (Å²) in [5.41, 5.74) is -1.05. The van der Waals surface area contributed by atoms with Crippen molar-refractivity contribution in [3.63, 3.8) is 0 Å². The summed E-state index contributed by atoms with van der Waals surface area (Å²) in [6.45, 7) is -6.91. The third kappa shape index (κ3) is 19.4. The number of rotatable bonds is 28. The standard InChI is InChI=1S/C48H57I8N9O19/c1-18-26(32(49)29(37(54)40(18)59-23(76)15-69)45(81)62(2)8-20(73)12-66)48(84)65(6-5-57-43(79)27-33(50)30(46(82)63(3)9-21(74)13-67)38(55)41(35(27)52)60-24(77)16-70)11-19(72)7-58-44(80)28-34(51)31(47(83)64(4)10-22(75)14-68)39(56)42(36(28)53)61-25(78)17-71/h19-22,66-75H,5-17H2,1-4H3,(H,57,79)(H,58,80)(H,59,76)(H,60,77)(H,61,78). The number of hydrogen-bond donors (Lipinski definition) is 15. The van der Waals surface area contributed by atoms with E-state index >= 15 is 4.79 Å². The number of amides is 9. The van der Waals surface area contributed by atoms with E-state index in [0.717, 1.165) is 19.6 Å². The molecule has 3 rings (SSSR count). The Labute approximate surface area is 589 Å². The van der Waals surface area contributed by atoms with E-state index in [9.17, 15) is 89.4 Å². The Morgan fingerprint density at radius 1 is 0.405 bits per heavy atom. The summed E-state index contributed by atoms with van der Waals surface area (Å²) in [5.74, 6) is -7.71. The van der Waals surface area contributed by atoms with Crippen molar-refractivity contribution in [2.45, 2.75) is 31.3 Å².